The third-order valence-electron chi connectivity index (χ3n) is 2.44. The van der Waals surface area contributed by atoms with E-state index in [1.54, 1.807) is 0 Å². The van der Waals surface area contributed by atoms with Crippen LogP contribution in [0, 0.1) is 11.3 Å². The van der Waals surface area contributed by atoms with Gasteiger partial charge in [-0.3, -0.25) is 9.59 Å². The van der Waals surface area contributed by atoms with E-state index in [-0.39, 0.29) is 11.9 Å². The highest BCUT2D eigenvalue weighted by molar-refractivity contribution is 5.98. The van der Waals surface area contributed by atoms with Crippen LogP contribution in [-0.2, 0) is 0 Å². The number of hydrogen-bond acceptors (Lipinski definition) is 3. The fourth-order valence-corrected chi connectivity index (χ4v) is 1.42. The lowest BCUT2D eigenvalue weighted by Crippen LogP contribution is -2.14. The van der Waals surface area contributed by atoms with Gasteiger partial charge in [-0.15, -0.1) is 0 Å². The molecule has 1 atom stereocenters. The van der Waals surface area contributed by atoms with Gasteiger partial charge in [-0.2, -0.15) is 5.26 Å². The topological polar surface area (TPSA) is 87.0 Å². The number of nitrogens with zero attached hydrogens (tertiary/aromatic N) is 2. The Morgan fingerprint density at radius 2 is 1.88 bits per heavy atom. The van der Waals surface area contributed by atoms with E-state index in [0.29, 0.717) is 17.7 Å². The van der Waals surface area contributed by atoms with Gasteiger partial charge in [-0.25, -0.2) is 0 Å². The molecule has 0 aromatic heterocycles. The highest BCUT2D eigenvalue weighted by atomic mass is 16.2. The Bertz CT molecular complexity index is 487. The number of carbonyl (C=O) groups is 2. The first-order chi connectivity index (χ1) is 7.63. The van der Waals surface area contributed by atoms with Crippen molar-refractivity contribution in [2.24, 2.45) is 5.73 Å². The molecule has 2 amide bonds. The van der Waals surface area contributed by atoms with Crippen molar-refractivity contribution in [3.05, 3.63) is 35.4 Å². The quantitative estimate of drug-likeness (QED) is 0.711. The molecule has 2 N–H and O–H groups in total. The van der Waals surface area contributed by atoms with E-state index in [1.807, 2.05) is 6.07 Å². The second-order valence-electron chi connectivity index (χ2n) is 3.54. The van der Waals surface area contributed by atoms with Crippen molar-refractivity contribution in [2.45, 2.75) is 6.04 Å². The minimum absolute atomic E-state index is 0.192. The van der Waals surface area contributed by atoms with Crippen LogP contribution in [0.1, 0.15) is 20.7 Å². The van der Waals surface area contributed by atoms with Gasteiger partial charge >= 0.3 is 0 Å². The molecule has 1 unspecified atom stereocenters. The number of carbonyl (C=O) groups excluding carboxylic acids is 2. The minimum atomic E-state index is -0.527. The summed E-state index contributed by atoms with van der Waals surface area (Å²) in [5.74, 6) is -0.719. The van der Waals surface area contributed by atoms with Gasteiger partial charge in [0.1, 0.15) is 6.04 Å². The van der Waals surface area contributed by atoms with E-state index in [1.165, 1.54) is 29.2 Å². The maximum absolute atomic E-state index is 11.7. The highest BCUT2D eigenvalue weighted by Crippen LogP contribution is 2.20. The monoisotopic (exact) mass is 215 g/mol. The number of benzene rings is 1. The molecule has 1 fully saturated rings. The van der Waals surface area contributed by atoms with Gasteiger partial charge in [0.25, 0.3) is 5.91 Å². The average molecular weight is 215 g/mol. The SMILES string of the molecule is N#CC1CN1C(=O)c1ccc(C(N)=O)cc1. The summed E-state index contributed by atoms with van der Waals surface area (Å²) in [7, 11) is 0. The van der Waals surface area contributed by atoms with Gasteiger partial charge in [0.15, 0.2) is 0 Å². The Hall–Kier alpha value is -2.35. The smallest absolute Gasteiger partial charge is 0.255 e. The third kappa shape index (κ3) is 1.73. The van der Waals surface area contributed by atoms with Crippen molar-refractivity contribution >= 4 is 11.8 Å². The van der Waals surface area contributed by atoms with Gasteiger partial charge in [0, 0.05) is 11.1 Å². The van der Waals surface area contributed by atoms with Gasteiger partial charge < -0.3 is 10.6 Å². The largest absolute Gasteiger partial charge is 0.366 e. The second-order valence-corrected chi connectivity index (χ2v) is 3.54. The molecule has 1 heterocycles. The zero-order valence-electron chi connectivity index (χ0n) is 8.38. The average Bonchev–Trinajstić information content (AvgIpc) is 3.07. The van der Waals surface area contributed by atoms with Crippen molar-refractivity contribution in [1.29, 1.82) is 5.26 Å². The Labute approximate surface area is 92.1 Å². The first kappa shape index (κ1) is 10.2. The summed E-state index contributed by atoms with van der Waals surface area (Å²) in [5.41, 5.74) is 5.90. The molecule has 0 saturated carbocycles. The minimum Gasteiger partial charge on any atom is -0.366 e. The molecule has 0 aliphatic carbocycles. The summed E-state index contributed by atoms with van der Waals surface area (Å²) in [5, 5.41) is 8.58. The molecule has 5 nitrogen and oxygen atoms in total. The van der Waals surface area contributed by atoms with E-state index in [2.05, 4.69) is 0 Å². The summed E-state index contributed by atoms with van der Waals surface area (Å²) in [6.07, 6.45) is 0. The predicted molar refractivity (Wildman–Crippen MR) is 55.4 cm³/mol. The number of hydrogen-bond donors (Lipinski definition) is 1. The Morgan fingerprint density at radius 3 is 2.31 bits per heavy atom. The molecule has 1 saturated heterocycles. The van der Waals surface area contributed by atoms with E-state index >= 15 is 0 Å². The Morgan fingerprint density at radius 1 is 1.31 bits per heavy atom. The molecule has 80 valence electrons. The molecule has 1 aromatic rings. The lowest BCUT2D eigenvalue weighted by molar-refractivity contribution is 0.0878. The number of amides is 2. The molecular formula is C11H9N3O2. The number of rotatable bonds is 2. The van der Waals surface area contributed by atoms with Gasteiger partial charge in [-0.1, -0.05) is 0 Å². The molecular weight excluding hydrogens is 206 g/mol. The zero-order chi connectivity index (χ0) is 11.7. The summed E-state index contributed by atoms with van der Waals surface area (Å²) in [4.78, 5) is 24.0. The first-order valence-electron chi connectivity index (χ1n) is 4.74. The van der Waals surface area contributed by atoms with Crippen molar-refractivity contribution < 1.29 is 9.59 Å². The molecule has 1 aliphatic heterocycles. The Kier molecular flexibility index (Phi) is 2.33. The van der Waals surface area contributed by atoms with Crippen LogP contribution < -0.4 is 5.73 Å². The van der Waals surface area contributed by atoms with Crippen LogP contribution in [0.2, 0.25) is 0 Å². The maximum Gasteiger partial charge on any atom is 0.255 e. The lowest BCUT2D eigenvalue weighted by atomic mass is 10.1. The van der Waals surface area contributed by atoms with Crippen LogP contribution in [0.4, 0.5) is 0 Å². The molecule has 0 bridgehead atoms. The van der Waals surface area contributed by atoms with Crippen molar-refractivity contribution in [1.82, 2.24) is 4.90 Å². The van der Waals surface area contributed by atoms with E-state index in [9.17, 15) is 9.59 Å². The lowest BCUT2D eigenvalue weighted by Gasteiger charge is -2.02. The van der Waals surface area contributed by atoms with Crippen molar-refractivity contribution in [2.75, 3.05) is 6.54 Å². The van der Waals surface area contributed by atoms with Crippen molar-refractivity contribution in [3.8, 4) is 6.07 Å². The summed E-state index contributed by atoms with van der Waals surface area (Å²) >= 11 is 0. The van der Waals surface area contributed by atoms with E-state index in [4.69, 9.17) is 11.0 Å². The van der Waals surface area contributed by atoms with Gasteiger partial charge in [-0.05, 0) is 24.3 Å². The molecule has 0 radical (unpaired) electrons. The molecule has 1 aromatic carbocycles. The molecule has 1 aliphatic rings. The number of nitriles is 1. The summed E-state index contributed by atoms with van der Waals surface area (Å²) < 4.78 is 0. The summed E-state index contributed by atoms with van der Waals surface area (Å²) in [6.45, 7) is 0.479. The number of primary amides is 1. The summed E-state index contributed by atoms with van der Waals surface area (Å²) in [6, 6.07) is 7.77. The fraction of sp³-hybridized carbons (Fsp3) is 0.182. The second kappa shape index (κ2) is 3.66. The van der Waals surface area contributed by atoms with Gasteiger partial charge in [0.2, 0.25) is 5.91 Å². The van der Waals surface area contributed by atoms with Crippen LogP contribution >= 0.6 is 0 Å². The van der Waals surface area contributed by atoms with Crippen LogP contribution in [-0.4, -0.2) is 29.3 Å². The Balaban J connectivity index is 2.14. The molecule has 2 rings (SSSR count). The van der Waals surface area contributed by atoms with Crippen LogP contribution in [0.15, 0.2) is 24.3 Å². The molecule has 5 heteroatoms. The van der Waals surface area contributed by atoms with Crippen LogP contribution in [0.5, 0.6) is 0 Å². The molecule has 0 spiro atoms. The normalized spacial score (nSPS) is 17.7. The van der Waals surface area contributed by atoms with Crippen LogP contribution in [0.3, 0.4) is 0 Å². The van der Waals surface area contributed by atoms with E-state index in [0.717, 1.165) is 0 Å². The first-order valence-corrected chi connectivity index (χ1v) is 4.74. The standard InChI is InChI=1S/C11H9N3O2/c12-5-9-6-14(9)11(16)8-3-1-7(2-4-8)10(13)15/h1-4,9H,6H2,(H2,13,15). The highest BCUT2D eigenvalue weighted by Gasteiger charge is 2.38. The maximum atomic E-state index is 11.7. The van der Waals surface area contributed by atoms with E-state index < -0.39 is 5.91 Å². The van der Waals surface area contributed by atoms with Crippen molar-refractivity contribution in [3.63, 3.8) is 0 Å². The fourth-order valence-electron chi connectivity index (χ4n) is 1.42. The van der Waals surface area contributed by atoms with Gasteiger partial charge in [0.05, 0.1) is 12.6 Å². The molecule has 16 heavy (non-hydrogen) atoms. The van der Waals surface area contributed by atoms with Crippen LogP contribution in [0.25, 0.3) is 0 Å². The number of nitrogens with two attached hydrogens (primary N) is 1. The predicted octanol–water partition coefficient (Wildman–Crippen LogP) is 0.133. The third-order valence-corrected chi connectivity index (χ3v) is 2.44. The zero-order valence-corrected chi connectivity index (χ0v) is 8.38.